The van der Waals surface area contributed by atoms with Gasteiger partial charge in [-0.1, -0.05) is 53.5 Å². The van der Waals surface area contributed by atoms with Crippen LogP contribution in [0.3, 0.4) is 0 Å². The highest BCUT2D eigenvalue weighted by atomic mass is 35.5. The van der Waals surface area contributed by atoms with E-state index in [0.717, 1.165) is 21.0 Å². The Hall–Kier alpha value is -2.65. The first-order valence-electron chi connectivity index (χ1n) is 8.33. The summed E-state index contributed by atoms with van der Waals surface area (Å²) >= 11 is 13.6. The van der Waals surface area contributed by atoms with E-state index in [1.54, 1.807) is 30.5 Å². The Bertz CT molecular complexity index is 1100. The summed E-state index contributed by atoms with van der Waals surface area (Å²) in [6.07, 6.45) is 3.83. The summed E-state index contributed by atoms with van der Waals surface area (Å²) < 4.78 is 0. The number of hydrogen-bond donors (Lipinski definition) is 1. The molecule has 1 N–H and O–H groups in total. The molecule has 1 aromatic heterocycles. The predicted octanol–water partition coefficient (Wildman–Crippen LogP) is 5.89. The second kappa shape index (κ2) is 9.03. The molecule has 0 saturated carbocycles. The van der Waals surface area contributed by atoms with Crippen molar-refractivity contribution in [1.29, 1.82) is 5.26 Å². The SMILES string of the molecule is Cc1ccc(Cc2cnc(NC(=O)C(C#N)=Cc3ccccc3Cl)s2)cc1Cl. The lowest BCUT2D eigenvalue weighted by Gasteiger charge is -2.02. The number of hydrogen-bond acceptors (Lipinski definition) is 4. The molecule has 0 atom stereocenters. The summed E-state index contributed by atoms with van der Waals surface area (Å²) in [5.74, 6) is -0.526. The number of carbonyl (C=O) groups excluding carboxylic acids is 1. The molecule has 1 amide bonds. The Morgan fingerprint density at radius 1 is 1.25 bits per heavy atom. The fourth-order valence-corrected chi connectivity index (χ4v) is 3.69. The standard InChI is InChI=1S/C21H15Cl2N3OS/c1-13-6-7-14(9-19(13)23)8-17-12-25-21(28-17)26-20(27)16(11-24)10-15-4-2-3-5-18(15)22/h2-7,9-10,12H,8H2,1H3,(H,25,26,27). The van der Waals surface area contributed by atoms with Crippen molar-refractivity contribution in [2.45, 2.75) is 13.3 Å². The maximum Gasteiger partial charge on any atom is 0.268 e. The van der Waals surface area contributed by atoms with Gasteiger partial charge in [0, 0.05) is 27.5 Å². The van der Waals surface area contributed by atoms with Crippen LogP contribution in [-0.2, 0) is 11.2 Å². The van der Waals surface area contributed by atoms with Crippen molar-refractivity contribution < 1.29 is 4.79 Å². The molecule has 3 aromatic rings. The number of carbonyl (C=O) groups is 1. The molecule has 0 radical (unpaired) electrons. The average molecular weight is 428 g/mol. The fourth-order valence-electron chi connectivity index (χ4n) is 2.46. The number of anilines is 1. The van der Waals surface area contributed by atoms with Gasteiger partial charge in [-0.2, -0.15) is 5.26 Å². The van der Waals surface area contributed by atoms with Gasteiger partial charge < -0.3 is 0 Å². The van der Waals surface area contributed by atoms with Crippen LogP contribution in [0, 0.1) is 18.3 Å². The zero-order valence-corrected chi connectivity index (χ0v) is 17.2. The summed E-state index contributed by atoms with van der Waals surface area (Å²) in [6.45, 7) is 1.95. The lowest BCUT2D eigenvalue weighted by atomic mass is 10.1. The Balaban J connectivity index is 1.71. The van der Waals surface area contributed by atoms with Gasteiger partial charge in [-0.15, -0.1) is 11.3 Å². The van der Waals surface area contributed by atoms with Gasteiger partial charge in [0.15, 0.2) is 5.13 Å². The van der Waals surface area contributed by atoms with Crippen molar-refractivity contribution in [3.8, 4) is 6.07 Å². The fraction of sp³-hybridized carbons (Fsp3) is 0.0952. The summed E-state index contributed by atoms with van der Waals surface area (Å²) in [4.78, 5) is 17.6. The average Bonchev–Trinajstić information content (AvgIpc) is 3.10. The minimum absolute atomic E-state index is 0.0461. The van der Waals surface area contributed by atoms with E-state index < -0.39 is 5.91 Å². The van der Waals surface area contributed by atoms with Gasteiger partial charge in [0.05, 0.1) is 0 Å². The molecule has 140 valence electrons. The molecule has 0 aliphatic carbocycles. The Morgan fingerprint density at radius 2 is 2.04 bits per heavy atom. The first kappa shape index (κ1) is 20.1. The van der Waals surface area contributed by atoms with Gasteiger partial charge in [0.2, 0.25) is 0 Å². The molecule has 3 rings (SSSR count). The molecule has 7 heteroatoms. The molecule has 4 nitrogen and oxygen atoms in total. The highest BCUT2D eigenvalue weighted by Gasteiger charge is 2.13. The third-order valence-corrected chi connectivity index (χ3v) is 5.62. The van der Waals surface area contributed by atoms with Crippen LogP contribution < -0.4 is 5.32 Å². The van der Waals surface area contributed by atoms with Crippen molar-refractivity contribution in [2.24, 2.45) is 0 Å². The van der Waals surface area contributed by atoms with Gasteiger partial charge in [0.1, 0.15) is 11.6 Å². The van der Waals surface area contributed by atoms with Crippen LogP contribution in [0.4, 0.5) is 5.13 Å². The van der Waals surface area contributed by atoms with Gasteiger partial charge >= 0.3 is 0 Å². The summed E-state index contributed by atoms with van der Waals surface area (Å²) in [6, 6.07) is 14.8. The number of nitrogens with zero attached hydrogens (tertiary/aromatic N) is 2. The van der Waals surface area contributed by atoms with Crippen molar-refractivity contribution in [1.82, 2.24) is 4.98 Å². The van der Waals surface area contributed by atoms with E-state index in [1.165, 1.54) is 17.4 Å². The molecule has 0 saturated heterocycles. The maximum atomic E-state index is 12.4. The molecule has 0 spiro atoms. The van der Waals surface area contributed by atoms with E-state index in [1.807, 2.05) is 31.2 Å². The Labute approximate surface area is 177 Å². The van der Waals surface area contributed by atoms with E-state index in [9.17, 15) is 10.1 Å². The lowest BCUT2D eigenvalue weighted by molar-refractivity contribution is -0.112. The number of aromatic nitrogens is 1. The molecule has 0 aliphatic heterocycles. The Kier molecular flexibility index (Phi) is 6.48. The zero-order chi connectivity index (χ0) is 20.1. The van der Waals surface area contributed by atoms with Gasteiger partial charge in [-0.3, -0.25) is 10.1 Å². The van der Waals surface area contributed by atoms with E-state index in [4.69, 9.17) is 23.2 Å². The lowest BCUT2D eigenvalue weighted by Crippen LogP contribution is -2.13. The third kappa shape index (κ3) is 4.99. The molecule has 1 heterocycles. The number of nitrogens with one attached hydrogen (secondary N) is 1. The van der Waals surface area contributed by atoms with Crippen LogP contribution in [0.1, 0.15) is 21.6 Å². The minimum atomic E-state index is -0.526. The number of benzene rings is 2. The van der Waals surface area contributed by atoms with Gasteiger partial charge in [-0.25, -0.2) is 4.98 Å². The van der Waals surface area contributed by atoms with Crippen molar-refractivity contribution >= 4 is 51.7 Å². The molecule has 0 aliphatic rings. The molecule has 2 aromatic carbocycles. The topological polar surface area (TPSA) is 65.8 Å². The summed E-state index contributed by atoms with van der Waals surface area (Å²) in [7, 11) is 0. The van der Waals surface area contributed by atoms with E-state index in [-0.39, 0.29) is 5.57 Å². The minimum Gasteiger partial charge on any atom is -0.297 e. The van der Waals surface area contributed by atoms with E-state index in [2.05, 4.69) is 10.3 Å². The Morgan fingerprint density at radius 3 is 2.75 bits per heavy atom. The van der Waals surface area contributed by atoms with Crippen molar-refractivity contribution in [3.05, 3.63) is 85.8 Å². The monoisotopic (exact) mass is 427 g/mol. The summed E-state index contributed by atoms with van der Waals surface area (Å²) in [5, 5.41) is 13.6. The highest BCUT2D eigenvalue weighted by Crippen LogP contribution is 2.25. The normalized spacial score (nSPS) is 11.1. The van der Waals surface area contributed by atoms with Crippen LogP contribution in [-0.4, -0.2) is 10.9 Å². The van der Waals surface area contributed by atoms with Crippen LogP contribution in [0.5, 0.6) is 0 Å². The van der Waals surface area contributed by atoms with Gasteiger partial charge in [0.25, 0.3) is 5.91 Å². The maximum absolute atomic E-state index is 12.4. The van der Waals surface area contributed by atoms with E-state index in [0.29, 0.717) is 22.1 Å². The number of aryl methyl sites for hydroxylation is 1. The number of thiazole rings is 1. The second-order valence-corrected chi connectivity index (χ2v) is 7.97. The molecular weight excluding hydrogens is 413 g/mol. The second-order valence-electron chi connectivity index (χ2n) is 6.04. The van der Waals surface area contributed by atoms with E-state index >= 15 is 0 Å². The number of halogens is 2. The van der Waals surface area contributed by atoms with Crippen LogP contribution in [0.25, 0.3) is 6.08 Å². The molecule has 28 heavy (non-hydrogen) atoms. The zero-order valence-electron chi connectivity index (χ0n) is 14.9. The first-order valence-corrected chi connectivity index (χ1v) is 9.91. The molecule has 0 unspecified atom stereocenters. The van der Waals surface area contributed by atoms with Crippen molar-refractivity contribution in [2.75, 3.05) is 5.32 Å². The van der Waals surface area contributed by atoms with Crippen molar-refractivity contribution in [3.63, 3.8) is 0 Å². The third-order valence-electron chi connectivity index (χ3n) is 3.96. The quantitative estimate of drug-likeness (QED) is 0.407. The molecule has 0 fully saturated rings. The van der Waals surface area contributed by atoms with Crippen LogP contribution in [0.15, 0.2) is 54.2 Å². The summed E-state index contributed by atoms with van der Waals surface area (Å²) in [5.41, 5.74) is 2.65. The van der Waals surface area contributed by atoms with Gasteiger partial charge in [-0.05, 0) is 41.8 Å². The number of rotatable bonds is 5. The smallest absolute Gasteiger partial charge is 0.268 e. The predicted molar refractivity (Wildman–Crippen MR) is 115 cm³/mol. The molecule has 0 bridgehead atoms. The van der Waals surface area contributed by atoms with Crippen LogP contribution in [0.2, 0.25) is 10.0 Å². The van der Waals surface area contributed by atoms with Crippen LogP contribution >= 0.6 is 34.5 Å². The number of nitriles is 1. The first-order chi connectivity index (χ1) is 13.5. The highest BCUT2D eigenvalue weighted by molar-refractivity contribution is 7.15. The largest absolute Gasteiger partial charge is 0.297 e. The molecular formula is C21H15Cl2N3OS. The number of amides is 1.